The summed E-state index contributed by atoms with van der Waals surface area (Å²) in [7, 11) is 11.8. The van der Waals surface area contributed by atoms with Gasteiger partial charge in [-0.1, -0.05) is 0 Å². The van der Waals surface area contributed by atoms with E-state index in [1.54, 1.807) is 0 Å². The maximum atomic E-state index is 6.37. The van der Waals surface area contributed by atoms with E-state index >= 15 is 0 Å². The Hall–Kier alpha value is 1.50. The predicted molar refractivity (Wildman–Crippen MR) is 110 cm³/mol. The summed E-state index contributed by atoms with van der Waals surface area (Å²) in [6.45, 7) is 0. The first-order valence-corrected chi connectivity index (χ1v) is 18.1. The second-order valence-corrected chi connectivity index (χ2v) is 18.9. The van der Waals surface area contributed by atoms with Crippen molar-refractivity contribution in [3.63, 3.8) is 0 Å². The Bertz CT molecular complexity index is 358. The molecular weight excluding hydrogens is 443 g/mol. The molecule has 0 amide bonds. The molecule has 0 atom stereocenters. The van der Waals surface area contributed by atoms with Gasteiger partial charge >= 0.3 is 164 Å². The third-order valence-corrected chi connectivity index (χ3v) is 16.4. The SMILES string of the molecule is [Cl][Ru]([Cl])=[CH]C[P+](C1CCCCC1)(C1CCCCC1)C1CCCCC1. The van der Waals surface area contributed by atoms with E-state index in [9.17, 15) is 0 Å². The number of rotatable bonds is 5. The molecule has 4 heteroatoms. The summed E-state index contributed by atoms with van der Waals surface area (Å²) >= 11 is -1.63. The topological polar surface area (TPSA) is 0 Å². The first-order chi connectivity index (χ1) is 11.7. The molecule has 142 valence electrons. The average Bonchev–Trinajstić information content (AvgIpc) is 2.65. The van der Waals surface area contributed by atoms with Crippen molar-refractivity contribution in [2.24, 2.45) is 0 Å². The van der Waals surface area contributed by atoms with Crippen LogP contribution in [0.1, 0.15) is 96.3 Å². The molecule has 3 rings (SSSR count). The van der Waals surface area contributed by atoms with Gasteiger partial charge in [0.15, 0.2) is 0 Å². The van der Waals surface area contributed by atoms with E-state index in [0.717, 1.165) is 17.0 Å². The van der Waals surface area contributed by atoms with Crippen LogP contribution in [0.4, 0.5) is 0 Å². The standard InChI is InChI=1S/C20H36P.2ClH.Ru/c1-2-21(18-12-6-3-7-13-18,19-14-8-4-9-15-19)20-16-10-5-11-17-20;;;/h1,18-20H,2-17H2;2*1H;/q+1;;;+2/p-2. The van der Waals surface area contributed by atoms with Gasteiger partial charge in [0.2, 0.25) is 0 Å². The fourth-order valence-electron chi connectivity index (χ4n) is 6.19. The van der Waals surface area contributed by atoms with Crippen molar-refractivity contribution < 1.29 is 13.5 Å². The van der Waals surface area contributed by atoms with Crippen LogP contribution in [0, 0.1) is 0 Å². The first kappa shape index (κ1) is 20.2. The van der Waals surface area contributed by atoms with E-state index < -0.39 is 20.8 Å². The molecule has 0 nitrogen and oxygen atoms in total. The average molecular weight is 479 g/mol. The van der Waals surface area contributed by atoms with E-state index in [1.807, 2.05) is 0 Å². The van der Waals surface area contributed by atoms with E-state index in [1.165, 1.54) is 102 Å². The number of hydrogen-bond acceptors (Lipinski definition) is 0. The predicted octanol–water partition coefficient (Wildman–Crippen LogP) is 7.73. The van der Waals surface area contributed by atoms with Gasteiger partial charge in [-0.25, -0.2) is 0 Å². The fourth-order valence-corrected chi connectivity index (χ4v) is 17.3. The molecule has 0 bridgehead atoms. The van der Waals surface area contributed by atoms with Crippen molar-refractivity contribution in [1.82, 2.24) is 0 Å². The van der Waals surface area contributed by atoms with Crippen molar-refractivity contribution >= 4 is 31.3 Å². The monoisotopic (exact) mass is 479 g/mol. The molecule has 3 saturated carbocycles. The molecule has 0 aromatic heterocycles. The molecule has 0 spiro atoms. The summed E-state index contributed by atoms with van der Waals surface area (Å²) in [6, 6.07) is 0. The zero-order chi connectivity index (χ0) is 16.8. The van der Waals surface area contributed by atoms with Crippen molar-refractivity contribution in [2.45, 2.75) is 113 Å². The Labute approximate surface area is 163 Å². The van der Waals surface area contributed by atoms with E-state index in [0.29, 0.717) is 0 Å². The molecule has 0 aliphatic heterocycles. The Kier molecular flexibility index (Phi) is 8.57. The molecule has 0 saturated heterocycles. The molecule has 3 aliphatic rings. The van der Waals surface area contributed by atoms with Crippen molar-refractivity contribution in [3.05, 3.63) is 0 Å². The van der Waals surface area contributed by atoms with Crippen molar-refractivity contribution in [2.75, 3.05) is 6.16 Å². The summed E-state index contributed by atoms with van der Waals surface area (Å²) in [5.41, 5.74) is 3.20. The van der Waals surface area contributed by atoms with Gasteiger partial charge in [0.05, 0.1) is 0 Å². The van der Waals surface area contributed by atoms with Crippen LogP contribution in [0.15, 0.2) is 0 Å². The summed E-state index contributed by atoms with van der Waals surface area (Å²) in [5, 5.41) is 0. The van der Waals surface area contributed by atoms with Gasteiger partial charge in [0.1, 0.15) is 0 Å². The minimum atomic E-state index is -1.63. The molecule has 0 unspecified atom stereocenters. The maximum absolute atomic E-state index is 6.37. The van der Waals surface area contributed by atoms with Crippen molar-refractivity contribution in [3.8, 4) is 0 Å². The third-order valence-electron chi connectivity index (χ3n) is 7.25. The van der Waals surface area contributed by atoms with Crippen molar-refractivity contribution in [1.29, 1.82) is 0 Å². The van der Waals surface area contributed by atoms with Gasteiger partial charge in [-0.3, -0.25) is 0 Å². The summed E-state index contributed by atoms with van der Waals surface area (Å²) < 4.78 is 2.46. The van der Waals surface area contributed by atoms with Gasteiger partial charge in [0, 0.05) is 0 Å². The second kappa shape index (κ2) is 10.2. The van der Waals surface area contributed by atoms with Crippen LogP contribution in [-0.2, 0) is 13.5 Å². The Morgan fingerprint density at radius 1 is 0.625 bits per heavy atom. The van der Waals surface area contributed by atoms with E-state index in [2.05, 4.69) is 4.61 Å². The van der Waals surface area contributed by atoms with Gasteiger partial charge in [-0.2, -0.15) is 0 Å². The normalized spacial score (nSPS) is 26.3. The summed E-state index contributed by atoms with van der Waals surface area (Å²) in [4.78, 5) is 0. The van der Waals surface area contributed by atoms with Gasteiger partial charge < -0.3 is 0 Å². The second-order valence-electron chi connectivity index (χ2n) is 8.40. The Morgan fingerprint density at radius 2 is 0.958 bits per heavy atom. The molecule has 0 radical (unpaired) electrons. The zero-order valence-corrected chi connectivity index (χ0v) is 19.3. The van der Waals surface area contributed by atoms with Gasteiger partial charge in [0.25, 0.3) is 0 Å². The van der Waals surface area contributed by atoms with Crippen LogP contribution in [0.25, 0.3) is 0 Å². The molecule has 0 heterocycles. The number of halogens is 2. The van der Waals surface area contributed by atoms with Crippen LogP contribution < -0.4 is 0 Å². The zero-order valence-electron chi connectivity index (χ0n) is 15.2. The molecule has 0 N–H and O–H groups in total. The fraction of sp³-hybridized carbons (Fsp3) is 0.950. The molecule has 3 aliphatic carbocycles. The van der Waals surface area contributed by atoms with E-state index in [4.69, 9.17) is 19.4 Å². The first-order valence-electron chi connectivity index (χ1n) is 10.4. The van der Waals surface area contributed by atoms with Crippen LogP contribution in [-0.4, -0.2) is 27.7 Å². The molecule has 0 aromatic rings. The summed E-state index contributed by atoms with van der Waals surface area (Å²) in [6.07, 6.45) is 24.0. The Morgan fingerprint density at radius 3 is 1.25 bits per heavy atom. The van der Waals surface area contributed by atoms with Crippen LogP contribution in [0.5, 0.6) is 0 Å². The number of hydrogen-bond donors (Lipinski definition) is 0. The van der Waals surface area contributed by atoms with Gasteiger partial charge in [-0.05, 0) is 0 Å². The third kappa shape index (κ3) is 4.86. The molecule has 0 aromatic carbocycles. The van der Waals surface area contributed by atoms with Crippen LogP contribution in [0.3, 0.4) is 0 Å². The minimum absolute atomic E-state index is 0.965. The van der Waals surface area contributed by atoms with E-state index in [-0.39, 0.29) is 0 Å². The Balaban J connectivity index is 1.93. The van der Waals surface area contributed by atoms with Crippen LogP contribution in [0.2, 0.25) is 0 Å². The molecule has 3 fully saturated rings. The van der Waals surface area contributed by atoms with Gasteiger partial charge in [-0.15, -0.1) is 0 Å². The molecule has 24 heavy (non-hydrogen) atoms. The quantitative estimate of drug-likeness (QED) is 0.280. The van der Waals surface area contributed by atoms with Crippen LogP contribution >= 0.6 is 26.6 Å². The summed E-state index contributed by atoms with van der Waals surface area (Å²) in [5.74, 6) is 0. The molecular formula is C20H36Cl2PRu+.